The van der Waals surface area contributed by atoms with E-state index < -0.39 is 6.10 Å². The molecule has 90 valence electrons. The first-order chi connectivity index (χ1) is 8.33. The molecule has 0 bridgehead atoms. The summed E-state index contributed by atoms with van der Waals surface area (Å²) in [6, 6.07) is 9.32. The first kappa shape index (κ1) is 11.8. The smallest absolute Gasteiger partial charge is 0.142 e. The van der Waals surface area contributed by atoms with Crippen LogP contribution >= 0.6 is 0 Å². The van der Waals surface area contributed by atoms with Gasteiger partial charge in [-0.3, -0.25) is 4.39 Å². The zero-order valence-electron chi connectivity index (χ0n) is 9.46. The molecule has 0 saturated carbocycles. The molecule has 1 N–H and O–H groups in total. The number of aliphatic hydroxyl groups excluding tert-OH is 1. The molecule has 2 rings (SSSR count). The van der Waals surface area contributed by atoms with Gasteiger partial charge in [0, 0.05) is 18.9 Å². The standard InChI is InChI=1S/C13H15FN2O/c14-7-4-9-16-10-8-15-13(16)12(17)11-5-2-1-3-6-11/h1-3,5-6,8,10,12,17H,4,7,9H2. The van der Waals surface area contributed by atoms with Crippen molar-refractivity contribution < 1.29 is 9.50 Å². The summed E-state index contributed by atoms with van der Waals surface area (Å²) in [4.78, 5) is 4.14. The lowest BCUT2D eigenvalue weighted by atomic mass is 10.1. The highest BCUT2D eigenvalue weighted by Gasteiger charge is 2.15. The van der Waals surface area contributed by atoms with Crippen LogP contribution in [0.25, 0.3) is 0 Å². The Labute approximate surface area is 99.5 Å². The number of imidazole rings is 1. The number of benzene rings is 1. The zero-order chi connectivity index (χ0) is 12.1. The fourth-order valence-electron chi connectivity index (χ4n) is 1.77. The summed E-state index contributed by atoms with van der Waals surface area (Å²) in [6.45, 7) is 0.175. The SMILES string of the molecule is OC(c1ccccc1)c1nccn1CCCF. The molecule has 2 aromatic rings. The molecule has 0 aliphatic heterocycles. The number of alkyl halides is 1. The molecule has 4 heteroatoms. The summed E-state index contributed by atoms with van der Waals surface area (Å²) in [7, 11) is 0. The maximum atomic E-state index is 12.1. The Morgan fingerprint density at radius 3 is 2.76 bits per heavy atom. The molecular formula is C13H15FN2O. The number of rotatable bonds is 5. The second kappa shape index (κ2) is 5.59. The number of halogens is 1. The van der Waals surface area contributed by atoms with Crippen LogP contribution in [0.2, 0.25) is 0 Å². The second-order valence-electron chi connectivity index (χ2n) is 3.83. The van der Waals surface area contributed by atoms with Crippen molar-refractivity contribution in [2.75, 3.05) is 6.67 Å². The van der Waals surface area contributed by atoms with Crippen molar-refractivity contribution >= 4 is 0 Å². The molecule has 1 aromatic heterocycles. The normalized spacial score (nSPS) is 12.6. The van der Waals surface area contributed by atoms with Crippen LogP contribution in [-0.4, -0.2) is 21.3 Å². The van der Waals surface area contributed by atoms with Crippen LogP contribution in [-0.2, 0) is 6.54 Å². The molecule has 3 nitrogen and oxygen atoms in total. The van der Waals surface area contributed by atoms with Crippen LogP contribution in [0.3, 0.4) is 0 Å². The summed E-state index contributed by atoms with van der Waals surface area (Å²) < 4.78 is 13.9. The average molecular weight is 234 g/mol. The minimum Gasteiger partial charge on any atom is -0.380 e. The van der Waals surface area contributed by atoms with Crippen LogP contribution < -0.4 is 0 Å². The van der Waals surface area contributed by atoms with Gasteiger partial charge < -0.3 is 9.67 Å². The van der Waals surface area contributed by atoms with Gasteiger partial charge in [-0.2, -0.15) is 0 Å². The van der Waals surface area contributed by atoms with E-state index in [2.05, 4.69) is 4.98 Å². The lowest BCUT2D eigenvalue weighted by Gasteiger charge is -2.13. The lowest BCUT2D eigenvalue weighted by molar-refractivity contribution is 0.203. The minimum atomic E-state index is -0.759. The van der Waals surface area contributed by atoms with E-state index in [0.717, 1.165) is 5.56 Å². The molecule has 0 saturated heterocycles. The topological polar surface area (TPSA) is 38.1 Å². The first-order valence-electron chi connectivity index (χ1n) is 5.63. The summed E-state index contributed by atoms with van der Waals surface area (Å²) >= 11 is 0. The Balaban J connectivity index is 2.19. The summed E-state index contributed by atoms with van der Waals surface area (Å²) in [5.74, 6) is 0.560. The molecule has 1 heterocycles. The maximum absolute atomic E-state index is 12.1. The van der Waals surface area contributed by atoms with Gasteiger partial charge in [0.15, 0.2) is 0 Å². The van der Waals surface area contributed by atoms with Crippen molar-refractivity contribution in [3.63, 3.8) is 0 Å². The van der Waals surface area contributed by atoms with Gasteiger partial charge in [0.1, 0.15) is 11.9 Å². The maximum Gasteiger partial charge on any atom is 0.142 e. The molecule has 0 fully saturated rings. The minimum absolute atomic E-state index is 0.362. The van der Waals surface area contributed by atoms with Gasteiger partial charge in [-0.1, -0.05) is 30.3 Å². The van der Waals surface area contributed by atoms with Gasteiger partial charge in [0.05, 0.1) is 6.67 Å². The highest BCUT2D eigenvalue weighted by molar-refractivity contribution is 5.22. The fourth-order valence-corrected chi connectivity index (χ4v) is 1.77. The van der Waals surface area contributed by atoms with Gasteiger partial charge in [0.2, 0.25) is 0 Å². The highest BCUT2D eigenvalue weighted by Crippen LogP contribution is 2.20. The van der Waals surface area contributed by atoms with Crippen molar-refractivity contribution in [3.8, 4) is 0 Å². The molecular weight excluding hydrogens is 219 g/mol. The molecule has 0 aliphatic rings. The van der Waals surface area contributed by atoms with E-state index in [0.29, 0.717) is 18.8 Å². The van der Waals surface area contributed by atoms with Crippen LogP contribution in [0.15, 0.2) is 42.7 Å². The third-order valence-corrected chi connectivity index (χ3v) is 2.64. The van der Waals surface area contributed by atoms with Crippen molar-refractivity contribution in [2.45, 2.75) is 19.1 Å². The third-order valence-electron chi connectivity index (χ3n) is 2.64. The van der Waals surface area contributed by atoms with Crippen LogP contribution in [0, 0.1) is 0 Å². The molecule has 1 unspecified atom stereocenters. The molecule has 0 radical (unpaired) electrons. The van der Waals surface area contributed by atoms with Crippen molar-refractivity contribution in [3.05, 3.63) is 54.1 Å². The zero-order valence-corrected chi connectivity index (χ0v) is 9.46. The predicted octanol–water partition coefficient (Wildman–Crippen LogP) is 2.32. The molecule has 1 atom stereocenters. The summed E-state index contributed by atoms with van der Waals surface area (Å²) in [5.41, 5.74) is 0.792. The molecule has 0 spiro atoms. The number of aromatic nitrogens is 2. The highest BCUT2D eigenvalue weighted by atomic mass is 19.1. The molecule has 1 aromatic carbocycles. The monoisotopic (exact) mass is 234 g/mol. The van der Waals surface area contributed by atoms with Gasteiger partial charge in [-0.15, -0.1) is 0 Å². The quantitative estimate of drug-likeness (QED) is 0.862. The van der Waals surface area contributed by atoms with E-state index >= 15 is 0 Å². The lowest BCUT2D eigenvalue weighted by Crippen LogP contribution is -2.10. The Morgan fingerprint density at radius 2 is 2.06 bits per heavy atom. The van der Waals surface area contributed by atoms with E-state index in [-0.39, 0.29) is 6.67 Å². The molecule has 17 heavy (non-hydrogen) atoms. The number of aliphatic hydroxyl groups is 1. The van der Waals surface area contributed by atoms with Crippen molar-refractivity contribution in [1.82, 2.24) is 9.55 Å². The van der Waals surface area contributed by atoms with E-state index in [9.17, 15) is 9.50 Å². The Morgan fingerprint density at radius 1 is 1.29 bits per heavy atom. The van der Waals surface area contributed by atoms with Crippen molar-refractivity contribution in [1.29, 1.82) is 0 Å². The van der Waals surface area contributed by atoms with E-state index in [1.165, 1.54) is 0 Å². The summed E-state index contributed by atoms with van der Waals surface area (Å²) in [6.07, 6.45) is 3.06. The van der Waals surface area contributed by atoms with E-state index in [4.69, 9.17) is 0 Å². The van der Waals surface area contributed by atoms with E-state index in [1.807, 2.05) is 30.3 Å². The largest absolute Gasteiger partial charge is 0.380 e. The fraction of sp³-hybridized carbons (Fsp3) is 0.308. The number of hydrogen-bond acceptors (Lipinski definition) is 2. The van der Waals surface area contributed by atoms with Crippen molar-refractivity contribution in [2.24, 2.45) is 0 Å². The average Bonchev–Trinajstić information content (AvgIpc) is 2.84. The predicted molar refractivity (Wildman–Crippen MR) is 63.3 cm³/mol. The molecule has 0 aliphatic carbocycles. The van der Waals surface area contributed by atoms with Gasteiger partial charge in [-0.05, 0) is 12.0 Å². The van der Waals surface area contributed by atoms with Gasteiger partial charge in [0.25, 0.3) is 0 Å². The number of aryl methyl sites for hydroxylation is 1. The first-order valence-corrected chi connectivity index (χ1v) is 5.63. The van der Waals surface area contributed by atoms with Crippen LogP contribution in [0.4, 0.5) is 4.39 Å². The molecule has 0 amide bonds. The third kappa shape index (κ3) is 2.71. The van der Waals surface area contributed by atoms with Crippen LogP contribution in [0.5, 0.6) is 0 Å². The second-order valence-corrected chi connectivity index (χ2v) is 3.83. The number of nitrogens with zero attached hydrogens (tertiary/aromatic N) is 2. The van der Waals surface area contributed by atoms with E-state index in [1.54, 1.807) is 17.0 Å². The Kier molecular flexibility index (Phi) is 3.88. The summed E-state index contributed by atoms with van der Waals surface area (Å²) in [5, 5.41) is 10.2. The van der Waals surface area contributed by atoms with Gasteiger partial charge >= 0.3 is 0 Å². The Bertz CT molecular complexity index is 455. The van der Waals surface area contributed by atoms with Crippen LogP contribution in [0.1, 0.15) is 23.9 Å². The number of hydrogen-bond donors (Lipinski definition) is 1. The Hall–Kier alpha value is -1.68. The van der Waals surface area contributed by atoms with Gasteiger partial charge in [-0.25, -0.2) is 4.98 Å².